The Morgan fingerprint density at radius 3 is 2.40 bits per heavy atom. The standard InChI is InChI=1S/C12H16N2O/c1-8-5-4-6-9(2)12(8)14-10(3)13-7-11(14)15/h4-6,10,13H,7H2,1-3H3. The maximum atomic E-state index is 11.8. The minimum absolute atomic E-state index is 0.0947. The first kappa shape index (κ1) is 10.2. The molecule has 1 saturated heterocycles. The van der Waals surface area contributed by atoms with Crippen LogP contribution in [0.4, 0.5) is 5.69 Å². The van der Waals surface area contributed by atoms with Gasteiger partial charge in [0.15, 0.2) is 0 Å². The Hall–Kier alpha value is -1.35. The smallest absolute Gasteiger partial charge is 0.242 e. The number of anilines is 1. The number of nitrogens with zero attached hydrogens (tertiary/aromatic N) is 1. The zero-order valence-corrected chi connectivity index (χ0v) is 9.37. The molecule has 1 amide bonds. The quantitative estimate of drug-likeness (QED) is 0.753. The summed E-state index contributed by atoms with van der Waals surface area (Å²) in [5, 5.41) is 3.15. The van der Waals surface area contributed by atoms with Gasteiger partial charge in [-0.25, -0.2) is 0 Å². The molecule has 1 fully saturated rings. The molecule has 0 radical (unpaired) electrons. The third-order valence-corrected chi connectivity index (χ3v) is 2.89. The number of benzene rings is 1. The van der Waals surface area contributed by atoms with Crippen LogP contribution in [0.1, 0.15) is 18.1 Å². The minimum Gasteiger partial charge on any atom is -0.295 e. The van der Waals surface area contributed by atoms with Crippen molar-refractivity contribution in [1.82, 2.24) is 5.32 Å². The highest BCUT2D eigenvalue weighted by Crippen LogP contribution is 2.27. The third kappa shape index (κ3) is 1.63. The summed E-state index contributed by atoms with van der Waals surface area (Å²) < 4.78 is 0. The number of aryl methyl sites for hydroxylation is 2. The van der Waals surface area contributed by atoms with Crippen LogP contribution in [0.2, 0.25) is 0 Å². The van der Waals surface area contributed by atoms with Crippen LogP contribution in [-0.4, -0.2) is 18.6 Å². The summed E-state index contributed by atoms with van der Waals surface area (Å²) in [4.78, 5) is 13.6. The number of nitrogens with one attached hydrogen (secondary N) is 1. The molecule has 1 aliphatic rings. The molecule has 1 aromatic carbocycles. The van der Waals surface area contributed by atoms with Gasteiger partial charge in [0.05, 0.1) is 18.4 Å². The van der Waals surface area contributed by atoms with Crippen molar-refractivity contribution in [3.63, 3.8) is 0 Å². The molecular formula is C12H16N2O. The molecule has 1 N–H and O–H groups in total. The number of para-hydroxylation sites is 1. The molecule has 15 heavy (non-hydrogen) atoms. The van der Waals surface area contributed by atoms with Gasteiger partial charge in [-0.05, 0) is 31.9 Å². The molecular weight excluding hydrogens is 188 g/mol. The van der Waals surface area contributed by atoms with Crippen molar-refractivity contribution < 1.29 is 4.79 Å². The van der Waals surface area contributed by atoms with Gasteiger partial charge < -0.3 is 0 Å². The van der Waals surface area contributed by atoms with Gasteiger partial charge in [0.1, 0.15) is 0 Å². The fourth-order valence-electron chi connectivity index (χ4n) is 2.13. The maximum Gasteiger partial charge on any atom is 0.242 e. The molecule has 1 atom stereocenters. The molecule has 0 bridgehead atoms. The molecule has 0 spiro atoms. The number of carbonyl (C=O) groups is 1. The second-order valence-corrected chi connectivity index (χ2v) is 4.06. The minimum atomic E-state index is 0.0947. The van der Waals surface area contributed by atoms with Gasteiger partial charge in [0.2, 0.25) is 5.91 Å². The molecule has 0 saturated carbocycles. The molecule has 2 rings (SSSR count). The summed E-state index contributed by atoms with van der Waals surface area (Å²) in [6.07, 6.45) is 0.0947. The predicted molar refractivity (Wildman–Crippen MR) is 60.9 cm³/mol. The number of amides is 1. The van der Waals surface area contributed by atoms with Gasteiger partial charge in [-0.2, -0.15) is 0 Å². The van der Waals surface area contributed by atoms with Crippen LogP contribution in [0.15, 0.2) is 18.2 Å². The summed E-state index contributed by atoms with van der Waals surface area (Å²) in [6, 6.07) is 6.11. The SMILES string of the molecule is Cc1cccc(C)c1N1C(=O)CNC1C. The first-order valence-electron chi connectivity index (χ1n) is 5.23. The van der Waals surface area contributed by atoms with Crippen molar-refractivity contribution in [3.8, 4) is 0 Å². The van der Waals surface area contributed by atoms with Crippen LogP contribution in [0.3, 0.4) is 0 Å². The Labute approximate surface area is 90.1 Å². The summed E-state index contributed by atoms with van der Waals surface area (Å²) >= 11 is 0. The van der Waals surface area contributed by atoms with Gasteiger partial charge in [-0.1, -0.05) is 18.2 Å². The average Bonchev–Trinajstić information content (AvgIpc) is 2.49. The summed E-state index contributed by atoms with van der Waals surface area (Å²) in [5.74, 6) is 0.153. The highest BCUT2D eigenvalue weighted by Gasteiger charge is 2.29. The first-order chi connectivity index (χ1) is 7.11. The summed E-state index contributed by atoms with van der Waals surface area (Å²) in [7, 11) is 0. The van der Waals surface area contributed by atoms with Crippen molar-refractivity contribution in [2.75, 3.05) is 11.4 Å². The van der Waals surface area contributed by atoms with Crippen LogP contribution in [0.5, 0.6) is 0 Å². The molecule has 80 valence electrons. The van der Waals surface area contributed by atoms with Crippen molar-refractivity contribution in [2.45, 2.75) is 26.9 Å². The van der Waals surface area contributed by atoms with E-state index in [1.165, 1.54) is 0 Å². The van der Waals surface area contributed by atoms with Crippen LogP contribution in [-0.2, 0) is 4.79 Å². The monoisotopic (exact) mass is 204 g/mol. The second-order valence-electron chi connectivity index (χ2n) is 4.06. The summed E-state index contributed by atoms with van der Waals surface area (Å²) in [6.45, 7) is 6.53. The van der Waals surface area contributed by atoms with Crippen LogP contribution in [0.25, 0.3) is 0 Å². The number of rotatable bonds is 1. The summed E-state index contributed by atoms with van der Waals surface area (Å²) in [5.41, 5.74) is 3.36. The van der Waals surface area contributed by atoms with Crippen molar-refractivity contribution in [2.24, 2.45) is 0 Å². The fourth-order valence-corrected chi connectivity index (χ4v) is 2.13. The normalized spacial score (nSPS) is 21.1. The lowest BCUT2D eigenvalue weighted by Gasteiger charge is -2.24. The molecule has 0 aliphatic carbocycles. The zero-order chi connectivity index (χ0) is 11.0. The Bertz CT molecular complexity index is 380. The van der Waals surface area contributed by atoms with E-state index in [1.807, 2.05) is 43.9 Å². The molecule has 3 nitrogen and oxygen atoms in total. The zero-order valence-electron chi connectivity index (χ0n) is 9.37. The van der Waals surface area contributed by atoms with Gasteiger partial charge in [-0.15, -0.1) is 0 Å². The molecule has 1 unspecified atom stereocenters. The van der Waals surface area contributed by atoms with Crippen LogP contribution in [0, 0.1) is 13.8 Å². The predicted octanol–water partition coefficient (Wildman–Crippen LogP) is 1.59. The molecule has 1 heterocycles. The lowest BCUT2D eigenvalue weighted by atomic mass is 10.1. The van der Waals surface area contributed by atoms with Crippen molar-refractivity contribution >= 4 is 11.6 Å². The first-order valence-corrected chi connectivity index (χ1v) is 5.23. The molecule has 1 aliphatic heterocycles. The van der Waals surface area contributed by atoms with E-state index in [1.54, 1.807) is 0 Å². The van der Waals surface area contributed by atoms with Crippen LogP contribution < -0.4 is 10.2 Å². The lowest BCUT2D eigenvalue weighted by Crippen LogP contribution is -2.35. The van der Waals surface area contributed by atoms with E-state index < -0.39 is 0 Å². The maximum absolute atomic E-state index is 11.8. The topological polar surface area (TPSA) is 32.3 Å². The highest BCUT2D eigenvalue weighted by atomic mass is 16.2. The van der Waals surface area contributed by atoms with Crippen molar-refractivity contribution in [1.29, 1.82) is 0 Å². The van der Waals surface area contributed by atoms with E-state index in [2.05, 4.69) is 5.32 Å². The van der Waals surface area contributed by atoms with Gasteiger partial charge in [-0.3, -0.25) is 15.0 Å². The molecule has 1 aromatic rings. The van der Waals surface area contributed by atoms with E-state index in [4.69, 9.17) is 0 Å². The van der Waals surface area contributed by atoms with Crippen LogP contribution >= 0.6 is 0 Å². The van der Waals surface area contributed by atoms with Gasteiger partial charge in [0, 0.05) is 0 Å². The van der Waals surface area contributed by atoms with E-state index in [0.29, 0.717) is 6.54 Å². The Morgan fingerprint density at radius 2 is 1.93 bits per heavy atom. The molecule has 3 heteroatoms. The average molecular weight is 204 g/mol. The Balaban J connectivity index is 2.49. The third-order valence-electron chi connectivity index (χ3n) is 2.89. The van der Waals surface area contributed by atoms with Gasteiger partial charge >= 0.3 is 0 Å². The van der Waals surface area contributed by atoms with E-state index in [9.17, 15) is 4.79 Å². The Morgan fingerprint density at radius 1 is 1.33 bits per heavy atom. The van der Waals surface area contributed by atoms with Crippen molar-refractivity contribution in [3.05, 3.63) is 29.3 Å². The van der Waals surface area contributed by atoms with Gasteiger partial charge in [0.25, 0.3) is 0 Å². The van der Waals surface area contributed by atoms with E-state index in [0.717, 1.165) is 16.8 Å². The second kappa shape index (κ2) is 3.66. The number of carbonyl (C=O) groups excluding carboxylic acids is 1. The number of hydrogen-bond acceptors (Lipinski definition) is 2. The lowest BCUT2D eigenvalue weighted by molar-refractivity contribution is -0.116. The fraction of sp³-hybridized carbons (Fsp3) is 0.417. The van der Waals surface area contributed by atoms with E-state index in [-0.39, 0.29) is 12.1 Å². The molecule has 0 aromatic heterocycles. The largest absolute Gasteiger partial charge is 0.295 e. The Kier molecular flexibility index (Phi) is 2.49. The van der Waals surface area contributed by atoms with E-state index >= 15 is 0 Å². The highest BCUT2D eigenvalue weighted by molar-refractivity contribution is 5.98. The number of hydrogen-bond donors (Lipinski definition) is 1.